The van der Waals surface area contributed by atoms with Gasteiger partial charge in [-0.2, -0.15) is 0 Å². The fourth-order valence-corrected chi connectivity index (χ4v) is 2.61. The van der Waals surface area contributed by atoms with Gasteiger partial charge < -0.3 is 25.2 Å². The number of aliphatic hydroxyl groups is 3. The van der Waals surface area contributed by atoms with Crippen LogP contribution in [0.5, 0.6) is 5.75 Å². The Labute approximate surface area is 155 Å². The van der Waals surface area contributed by atoms with Gasteiger partial charge in [0.05, 0.1) is 0 Å². The van der Waals surface area contributed by atoms with Gasteiger partial charge in [-0.1, -0.05) is 48.5 Å². The molecule has 0 amide bonds. The summed E-state index contributed by atoms with van der Waals surface area (Å²) >= 11 is 0. The molecule has 0 radical (unpaired) electrons. The lowest BCUT2D eigenvalue weighted by Gasteiger charge is -2.30. The van der Waals surface area contributed by atoms with Gasteiger partial charge in [0.15, 0.2) is 0 Å². The molecule has 4 N–H and O–H groups in total. The van der Waals surface area contributed by atoms with Crippen molar-refractivity contribution < 1.29 is 30.0 Å². The molecular formula is C20H32O6. The van der Waals surface area contributed by atoms with Crippen LogP contribution in [0.2, 0.25) is 0 Å². The molecule has 1 aromatic carbocycles. The summed E-state index contributed by atoms with van der Waals surface area (Å²) in [5.74, 6) is -0.534. The molecule has 0 aliphatic rings. The number of aliphatic hydroxyl groups excluding tert-OH is 3. The van der Waals surface area contributed by atoms with Gasteiger partial charge in [0.2, 0.25) is 6.29 Å². The van der Waals surface area contributed by atoms with Crippen molar-refractivity contribution in [3.05, 3.63) is 28.8 Å². The molecule has 0 aliphatic carbocycles. The Hall–Kier alpha value is -1.63. The molecule has 6 nitrogen and oxygen atoms in total. The molecule has 6 heteroatoms. The van der Waals surface area contributed by atoms with Crippen molar-refractivity contribution in [1.29, 1.82) is 0 Å². The second-order valence-corrected chi connectivity index (χ2v) is 8.63. The van der Waals surface area contributed by atoms with Crippen LogP contribution >= 0.6 is 0 Å². The van der Waals surface area contributed by atoms with Crippen LogP contribution in [0, 0.1) is 0 Å². The zero-order valence-electron chi connectivity index (χ0n) is 16.7. The standard InChI is InChI=1S/C20H32O6/c1-8-14(21)26-18(25)17(24)15(22)11-9-12(19(2,3)4)16(23)13(10-11)20(5,6)7/h9-10,15,17-18,22-25H,8H2,1-7H3. The van der Waals surface area contributed by atoms with E-state index in [0.717, 1.165) is 0 Å². The number of hydrogen-bond acceptors (Lipinski definition) is 6. The minimum atomic E-state index is -1.84. The molecule has 3 atom stereocenters. The van der Waals surface area contributed by atoms with E-state index in [9.17, 15) is 25.2 Å². The van der Waals surface area contributed by atoms with E-state index in [4.69, 9.17) is 0 Å². The number of rotatable bonds is 5. The van der Waals surface area contributed by atoms with E-state index in [-0.39, 0.29) is 12.2 Å². The summed E-state index contributed by atoms with van der Waals surface area (Å²) in [6.45, 7) is 13.1. The number of carbonyl (C=O) groups is 1. The summed E-state index contributed by atoms with van der Waals surface area (Å²) < 4.78 is 4.68. The molecule has 0 fully saturated rings. The molecular weight excluding hydrogens is 336 g/mol. The molecule has 0 aliphatic heterocycles. The lowest BCUT2D eigenvalue weighted by Crippen LogP contribution is -2.36. The fourth-order valence-electron chi connectivity index (χ4n) is 2.61. The summed E-state index contributed by atoms with van der Waals surface area (Å²) in [4.78, 5) is 11.3. The topological polar surface area (TPSA) is 107 Å². The number of ether oxygens (including phenoxy) is 1. The highest BCUT2D eigenvalue weighted by atomic mass is 16.6. The summed E-state index contributed by atoms with van der Waals surface area (Å²) in [6.07, 6.45) is -5.00. The Morgan fingerprint density at radius 1 is 1.00 bits per heavy atom. The molecule has 148 valence electrons. The van der Waals surface area contributed by atoms with Crippen LogP contribution < -0.4 is 0 Å². The number of phenolic OH excluding ortho intramolecular Hbond substituents is 1. The summed E-state index contributed by atoms with van der Waals surface area (Å²) in [5.41, 5.74) is 0.755. The van der Waals surface area contributed by atoms with Gasteiger partial charge in [-0.05, 0) is 39.7 Å². The van der Waals surface area contributed by atoms with E-state index >= 15 is 0 Å². The van der Waals surface area contributed by atoms with E-state index in [1.807, 2.05) is 41.5 Å². The summed E-state index contributed by atoms with van der Waals surface area (Å²) in [6, 6.07) is 3.21. The number of phenols is 1. The maximum Gasteiger partial charge on any atom is 0.307 e. The summed E-state index contributed by atoms with van der Waals surface area (Å²) in [5, 5.41) is 41.3. The van der Waals surface area contributed by atoms with Gasteiger partial charge in [-0.15, -0.1) is 0 Å². The maximum absolute atomic E-state index is 11.3. The van der Waals surface area contributed by atoms with Crippen molar-refractivity contribution in [1.82, 2.24) is 0 Å². The van der Waals surface area contributed by atoms with Crippen LogP contribution in [0.4, 0.5) is 0 Å². The first-order chi connectivity index (χ1) is 11.7. The zero-order valence-corrected chi connectivity index (χ0v) is 16.7. The summed E-state index contributed by atoms with van der Waals surface area (Å²) in [7, 11) is 0. The van der Waals surface area contributed by atoms with E-state index in [2.05, 4.69) is 4.74 Å². The minimum absolute atomic E-state index is 0.0431. The molecule has 1 aromatic rings. The van der Waals surface area contributed by atoms with Crippen molar-refractivity contribution in [2.45, 2.75) is 84.2 Å². The van der Waals surface area contributed by atoms with Crippen molar-refractivity contribution in [2.75, 3.05) is 0 Å². The second-order valence-electron chi connectivity index (χ2n) is 8.63. The third kappa shape index (κ3) is 5.19. The van der Waals surface area contributed by atoms with Gasteiger partial charge >= 0.3 is 5.97 Å². The molecule has 0 spiro atoms. The normalized spacial score (nSPS) is 16.1. The van der Waals surface area contributed by atoms with Gasteiger partial charge in [-0.25, -0.2) is 0 Å². The van der Waals surface area contributed by atoms with Gasteiger partial charge in [0.1, 0.15) is 18.0 Å². The van der Waals surface area contributed by atoms with Crippen LogP contribution in [0.1, 0.15) is 77.7 Å². The van der Waals surface area contributed by atoms with E-state index in [1.165, 1.54) is 0 Å². The lowest BCUT2D eigenvalue weighted by atomic mass is 9.77. The first kappa shape index (κ1) is 22.4. The van der Waals surface area contributed by atoms with Crippen molar-refractivity contribution in [3.63, 3.8) is 0 Å². The number of esters is 1. The van der Waals surface area contributed by atoms with Gasteiger partial charge in [0, 0.05) is 6.42 Å². The van der Waals surface area contributed by atoms with Crippen molar-refractivity contribution >= 4 is 5.97 Å². The monoisotopic (exact) mass is 368 g/mol. The molecule has 0 heterocycles. The Balaban J connectivity index is 3.36. The Bertz CT molecular complexity index is 604. The Morgan fingerprint density at radius 2 is 1.42 bits per heavy atom. The van der Waals surface area contributed by atoms with Gasteiger partial charge in [-0.3, -0.25) is 4.79 Å². The Kier molecular flexibility index (Phi) is 6.85. The number of carbonyl (C=O) groups excluding carboxylic acids is 1. The zero-order chi connectivity index (χ0) is 20.4. The van der Waals surface area contributed by atoms with Crippen LogP contribution in [0.15, 0.2) is 12.1 Å². The predicted molar refractivity (Wildman–Crippen MR) is 98.9 cm³/mol. The maximum atomic E-state index is 11.3. The molecule has 0 saturated carbocycles. The molecule has 0 saturated heterocycles. The molecule has 3 unspecified atom stereocenters. The highest BCUT2D eigenvalue weighted by Gasteiger charge is 2.32. The van der Waals surface area contributed by atoms with Crippen LogP contribution in [-0.2, 0) is 20.4 Å². The predicted octanol–water partition coefficient (Wildman–Crippen LogP) is 2.65. The van der Waals surface area contributed by atoms with E-state index < -0.39 is 35.3 Å². The minimum Gasteiger partial charge on any atom is -0.507 e. The third-order valence-electron chi connectivity index (χ3n) is 4.25. The van der Waals surface area contributed by atoms with Crippen molar-refractivity contribution in [2.24, 2.45) is 0 Å². The van der Waals surface area contributed by atoms with E-state index in [0.29, 0.717) is 16.7 Å². The smallest absolute Gasteiger partial charge is 0.307 e. The number of hydrogen-bond donors (Lipinski definition) is 4. The molecule has 26 heavy (non-hydrogen) atoms. The second kappa shape index (κ2) is 7.94. The molecule has 0 aromatic heterocycles. The number of benzene rings is 1. The van der Waals surface area contributed by atoms with Crippen LogP contribution in [0.25, 0.3) is 0 Å². The highest BCUT2D eigenvalue weighted by molar-refractivity contribution is 5.69. The fraction of sp³-hybridized carbons (Fsp3) is 0.650. The molecule has 1 rings (SSSR count). The lowest BCUT2D eigenvalue weighted by molar-refractivity contribution is -0.199. The quantitative estimate of drug-likeness (QED) is 0.470. The molecule has 0 bridgehead atoms. The number of aromatic hydroxyl groups is 1. The Morgan fingerprint density at radius 3 is 1.77 bits per heavy atom. The van der Waals surface area contributed by atoms with Crippen LogP contribution in [0.3, 0.4) is 0 Å². The third-order valence-corrected chi connectivity index (χ3v) is 4.25. The average molecular weight is 368 g/mol. The average Bonchev–Trinajstić information content (AvgIpc) is 2.51. The first-order valence-corrected chi connectivity index (χ1v) is 8.81. The van der Waals surface area contributed by atoms with Crippen LogP contribution in [-0.4, -0.2) is 38.8 Å². The van der Waals surface area contributed by atoms with E-state index in [1.54, 1.807) is 19.1 Å². The van der Waals surface area contributed by atoms with Gasteiger partial charge in [0.25, 0.3) is 0 Å². The SMILES string of the molecule is CCC(=O)OC(O)C(O)C(O)c1cc(C(C)(C)C)c(O)c(C(C)(C)C)c1. The van der Waals surface area contributed by atoms with Crippen molar-refractivity contribution in [3.8, 4) is 5.75 Å². The first-order valence-electron chi connectivity index (χ1n) is 8.81. The highest BCUT2D eigenvalue weighted by Crippen LogP contribution is 2.41. The largest absolute Gasteiger partial charge is 0.507 e.